The maximum Gasteiger partial charge on any atom is 0.475 e. The van der Waals surface area contributed by atoms with Crippen LogP contribution in [0.5, 0.6) is 5.75 Å². The van der Waals surface area contributed by atoms with Crippen LogP contribution in [0.1, 0.15) is 54.0 Å². The second kappa shape index (κ2) is 8.68. The third-order valence-corrected chi connectivity index (χ3v) is 5.59. The Morgan fingerprint density at radius 1 is 0.960 bits per heavy atom. The van der Waals surface area contributed by atoms with Crippen LogP contribution in [0.2, 0.25) is 0 Å². The lowest BCUT2D eigenvalue weighted by molar-refractivity contribution is 0.0238. The van der Waals surface area contributed by atoms with E-state index in [1.807, 2.05) is 0 Å². The first kappa shape index (κ1) is 22.2. The van der Waals surface area contributed by atoms with Crippen LogP contribution >= 0.6 is 7.82 Å². The summed E-state index contributed by atoms with van der Waals surface area (Å²) in [6.07, 6.45) is 0. The van der Waals surface area contributed by atoms with Gasteiger partial charge in [0, 0.05) is 0 Å². The summed E-state index contributed by atoms with van der Waals surface area (Å²) in [5.74, 6) is 0.345. The molecule has 6 heteroatoms. The van der Waals surface area contributed by atoms with E-state index in [0.29, 0.717) is 6.61 Å². The molecule has 0 saturated carbocycles. The van der Waals surface area contributed by atoms with Gasteiger partial charge >= 0.3 is 7.82 Å². The molecule has 5 nitrogen and oxygen atoms in total. The van der Waals surface area contributed by atoms with Gasteiger partial charge < -0.3 is 5.11 Å². The Hall–Kier alpha value is -0.870. The number of aromatic hydroxyl groups is 1. The molecule has 1 atom stereocenters. The summed E-state index contributed by atoms with van der Waals surface area (Å²) in [4.78, 5) is 0. The van der Waals surface area contributed by atoms with Gasteiger partial charge in [0.1, 0.15) is 5.75 Å². The molecule has 1 aromatic rings. The van der Waals surface area contributed by atoms with Gasteiger partial charge in [-0.3, -0.25) is 13.6 Å². The molecule has 25 heavy (non-hydrogen) atoms. The molecule has 0 spiro atoms. The molecule has 1 aromatic carbocycles. The zero-order chi connectivity index (χ0) is 19.3. The van der Waals surface area contributed by atoms with Crippen molar-refractivity contribution in [2.75, 3.05) is 13.2 Å². The van der Waals surface area contributed by atoms with Crippen LogP contribution < -0.4 is 0 Å². The third-order valence-electron chi connectivity index (χ3n) is 4.10. The van der Waals surface area contributed by atoms with Crippen molar-refractivity contribution < 1.29 is 23.2 Å². The van der Waals surface area contributed by atoms with Gasteiger partial charge in [-0.1, -0.05) is 53.7 Å². The monoisotopic (exact) mass is 372 g/mol. The Kier molecular flexibility index (Phi) is 7.70. The van der Waals surface area contributed by atoms with Crippen molar-refractivity contribution in [3.05, 3.63) is 29.8 Å². The van der Waals surface area contributed by atoms with Crippen LogP contribution in [0.3, 0.4) is 0 Å². The van der Waals surface area contributed by atoms with E-state index in [9.17, 15) is 9.67 Å². The predicted octanol–water partition coefficient (Wildman–Crippen LogP) is 5.78. The van der Waals surface area contributed by atoms with Crippen LogP contribution in [-0.4, -0.2) is 18.3 Å². The van der Waals surface area contributed by atoms with Gasteiger partial charge in [-0.25, -0.2) is 4.57 Å². The first-order valence-corrected chi connectivity index (χ1v) is 10.1. The number of benzene rings is 1. The highest BCUT2D eigenvalue weighted by Crippen LogP contribution is 2.52. The molecule has 0 bridgehead atoms. The molecule has 0 heterocycles. The highest BCUT2D eigenvalue weighted by Gasteiger charge is 2.38. The Morgan fingerprint density at radius 3 is 1.92 bits per heavy atom. The number of rotatable bonds is 8. The highest BCUT2D eigenvalue weighted by atomic mass is 31.2. The molecule has 0 amide bonds. The summed E-state index contributed by atoms with van der Waals surface area (Å²) in [7, 11) is -3.65. The molecule has 1 unspecified atom stereocenters. The summed E-state index contributed by atoms with van der Waals surface area (Å²) < 4.78 is 29.4. The zero-order valence-corrected chi connectivity index (χ0v) is 17.4. The Balaban J connectivity index is 2.79. The minimum Gasteiger partial charge on any atom is -0.508 e. The summed E-state index contributed by atoms with van der Waals surface area (Å²) in [6.45, 7) is 15.3. The van der Waals surface area contributed by atoms with Gasteiger partial charge in [0.2, 0.25) is 0 Å². The summed E-state index contributed by atoms with van der Waals surface area (Å²) in [5, 5.41) is 9.32. The van der Waals surface area contributed by atoms with Crippen molar-refractivity contribution in [3.63, 3.8) is 0 Å². The van der Waals surface area contributed by atoms with Gasteiger partial charge in [-0.05, 0) is 41.4 Å². The molecule has 0 aromatic heterocycles. The van der Waals surface area contributed by atoms with E-state index in [4.69, 9.17) is 13.6 Å². The predicted molar refractivity (Wildman–Crippen MR) is 100 cm³/mol. The molecule has 1 N–H and O–H groups in total. The van der Waals surface area contributed by atoms with E-state index < -0.39 is 7.82 Å². The Bertz CT molecular complexity index is 555. The number of phosphoric acid groups is 1. The van der Waals surface area contributed by atoms with Crippen LogP contribution in [0.15, 0.2) is 24.3 Å². The van der Waals surface area contributed by atoms with Gasteiger partial charge in [-0.15, -0.1) is 0 Å². The summed E-state index contributed by atoms with van der Waals surface area (Å²) in [5.41, 5.74) is 0.767. The van der Waals surface area contributed by atoms with Crippen molar-refractivity contribution in [2.45, 2.75) is 55.1 Å². The summed E-state index contributed by atoms with van der Waals surface area (Å²) in [6, 6.07) is 6.53. The van der Waals surface area contributed by atoms with E-state index in [2.05, 4.69) is 41.5 Å². The quantitative estimate of drug-likeness (QED) is 0.586. The lowest BCUT2D eigenvalue weighted by atomic mass is 9.67. The molecular formula is C19H33O5P. The van der Waals surface area contributed by atoms with Crippen molar-refractivity contribution >= 4 is 7.82 Å². The third kappa shape index (κ3) is 7.49. The number of hydrogen-bond donors (Lipinski definition) is 1. The van der Waals surface area contributed by atoms with E-state index in [0.717, 1.165) is 5.56 Å². The van der Waals surface area contributed by atoms with Gasteiger partial charge in [0.05, 0.1) is 19.8 Å². The lowest BCUT2D eigenvalue weighted by Gasteiger charge is -2.40. The molecule has 144 valence electrons. The van der Waals surface area contributed by atoms with Gasteiger partial charge in [0.25, 0.3) is 0 Å². The Morgan fingerprint density at radius 2 is 1.48 bits per heavy atom. The van der Waals surface area contributed by atoms with Crippen molar-refractivity contribution in [2.24, 2.45) is 16.7 Å². The smallest absolute Gasteiger partial charge is 0.475 e. The van der Waals surface area contributed by atoms with Gasteiger partial charge in [0.15, 0.2) is 0 Å². The number of phosphoric ester groups is 1. The number of phenols is 1. The molecule has 0 saturated heterocycles. The molecule has 1 rings (SSSR count). The largest absolute Gasteiger partial charge is 0.508 e. The Labute approximate surface area is 152 Å². The lowest BCUT2D eigenvalue weighted by Crippen LogP contribution is -2.36. The van der Waals surface area contributed by atoms with E-state index in [-0.39, 0.29) is 35.7 Å². The second-order valence-electron chi connectivity index (χ2n) is 8.39. The van der Waals surface area contributed by atoms with E-state index >= 15 is 0 Å². The van der Waals surface area contributed by atoms with E-state index in [1.165, 1.54) is 0 Å². The van der Waals surface area contributed by atoms with Crippen LogP contribution in [0.4, 0.5) is 0 Å². The SMILES string of the molecule is CCOP(=O)(OCc1ccc(O)cc1)OCC(C(C)(C)C)C(C)(C)C. The average Bonchev–Trinajstić information content (AvgIpc) is 2.44. The van der Waals surface area contributed by atoms with Crippen molar-refractivity contribution in [3.8, 4) is 5.75 Å². The minimum absolute atomic E-state index is 0.00769. The van der Waals surface area contributed by atoms with Crippen molar-refractivity contribution in [1.29, 1.82) is 0 Å². The van der Waals surface area contributed by atoms with Crippen LogP contribution in [0.25, 0.3) is 0 Å². The van der Waals surface area contributed by atoms with E-state index in [1.54, 1.807) is 31.2 Å². The maximum atomic E-state index is 12.9. The van der Waals surface area contributed by atoms with Gasteiger partial charge in [-0.2, -0.15) is 0 Å². The van der Waals surface area contributed by atoms with Crippen LogP contribution in [-0.2, 0) is 24.7 Å². The second-order valence-corrected chi connectivity index (χ2v) is 10.1. The highest BCUT2D eigenvalue weighted by molar-refractivity contribution is 7.48. The first-order valence-electron chi connectivity index (χ1n) is 8.69. The fourth-order valence-corrected chi connectivity index (χ4v) is 4.16. The molecule has 0 fully saturated rings. The molecule has 0 radical (unpaired) electrons. The standard InChI is InChI=1S/C19H33O5P/c1-8-22-25(21,23-13-15-9-11-16(20)12-10-15)24-14-17(18(2,3)4)19(5,6)7/h9-12,17,20H,8,13-14H2,1-7H3. The molecule has 0 aliphatic carbocycles. The minimum atomic E-state index is -3.65. The number of phenolic OH excluding ortho intramolecular Hbond substituents is 1. The number of hydrogen-bond acceptors (Lipinski definition) is 5. The fraction of sp³-hybridized carbons (Fsp3) is 0.684. The molecule has 0 aliphatic rings. The van der Waals surface area contributed by atoms with Crippen molar-refractivity contribution in [1.82, 2.24) is 0 Å². The zero-order valence-electron chi connectivity index (χ0n) is 16.5. The maximum absolute atomic E-state index is 12.9. The average molecular weight is 372 g/mol. The van der Waals surface area contributed by atoms with Crippen LogP contribution in [0, 0.1) is 16.7 Å². The molecule has 0 aliphatic heterocycles. The first-order chi connectivity index (χ1) is 11.4. The summed E-state index contributed by atoms with van der Waals surface area (Å²) >= 11 is 0. The fourth-order valence-electron chi connectivity index (χ4n) is 2.98. The molecular weight excluding hydrogens is 339 g/mol. The normalized spacial score (nSPS) is 15.4. The topological polar surface area (TPSA) is 65.0 Å².